The summed E-state index contributed by atoms with van der Waals surface area (Å²) >= 11 is 0. The Hall–Kier alpha value is -0.900. The van der Waals surface area contributed by atoms with Gasteiger partial charge in [0.15, 0.2) is 0 Å². The molecule has 0 amide bonds. The highest BCUT2D eigenvalue weighted by Gasteiger charge is 2.13. The summed E-state index contributed by atoms with van der Waals surface area (Å²) in [4.78, 5) is 4.35. The van der Waals surface area contributed by atoms with Crippen LogP contribution in [0.5, 0.6) is 0 Å². The average Bonchev–Trinajstić information content (AvgIpc) is 2.72. The number of hydrogen-bond acceptors (Lipinski definition) is 3. The summed E-state index contributed by atoms with van der Waals surface area (Å²) in [6.45, 7) is 10.9. The molecular weight excluding hydrogens is 212 g/mol. The Labute approximate surface area is 105 Å². The Bertz CT molecular complexity index is 306. The van der Waals surface area contributed by atoms with Crippen LogP contribution in [0.25, 0.3) is 0 Å². The molecule has 0 radical (unpaired) electrons. The standard InChI is InChI=1S/C13H26N4/c1-5-9-17-13(15-10-16-17)8-7-12(11(3)4)14-6-2/h10-12,14H,5-9H2,1-4H3. The van der Waals surface area contributed by atoms with Crippen LogP contribution in [-0.4, -0.2) is 27.4 Å². The SMILES string of the molecule is CCCn1ncnc1CCC(NCC)C(C)C. The van der Waals surface area contributed by atoms with Crippen molar-refractivity contribution in [3.63, 3.8) is 0 Å². The van der Waals surface area contributed by atoms with Gasteiger partial charge >= 0.3 is 0 Å². The van der Waals surface area contributed by atoms with Crippen LogP contribution in [-0.2, 0) is 13.0 Å². The lowest BCUT2D eigenvalue weighted by atomic mass is 9.99. The van der Waals surface area contributed by atoms with Crippen molar-refractivity contribution in [2.45, 2.75) is 59.5 Å². The van der Waals surface area contributed by atoms with Crippen molar-refractivity contribution in [2.24, 2.45) is 5.92 Å². The van der Waals surface area contributed by atoms with Gasteiger partial charge in [-0.25, -0.2) is 4.98 Å². The van der Waals surface area contributed by atoms with E-state index >= 15 is 0 Å². The van der Waals surface area contributed by atoms with Crippen molar-refractivity contribution in [2.75, 3.05) is 6.54 Å². The van der Waals surface area contributed by atoms with E-state index in [1.165, 1.54) is 0 Å². The number of nitrogens with zero attached hydrogens (tertiary/aromatic N) is 3. The molecule has 1 aromatic rings. The van der Waals surface area contributed by atoms with Crippen molar-refractivity contribution in [3.05, 3.63) is 12.2 Å². The fraction of sp³-hybridized carbons (Fsp3) is 0.846. The van der Waals surface area contributed by atoms with Crippen molar-refractivity contribution >= 4 is 0 Å². The van der Waals surface area contributed by atoms with E-state index in [4.69, 9.17) is 0 Å². The van der Waals surface area contributed by atoms with Crippen LogP contribution in [0.2, 0.25) is 0 Å². The lowest BCUT2D eigenvalue weighted by Gasteiger charge is -2.21. The highest BCUT2D eigenvalue weighted by Crippen LogP contribution is 2.10. The first-order valence-corrected chi connectivity index (χ1v) is 6.79. The molecule has 1 atom stereocenters. The molecule has 0 aliphatic heterocycles. The van der Waals surface area contributed by atoms with E-state index in [0.717, 1.165) is 38.2 Å². The molecule has 1 rings (SSSR count). The van der Waals surface area contributed by atoms with Gasteiger partial charge in [-0.2, -0.15) is 5.10 Å². The van der Waals surface area contributed by atoms with E-state index in [2.05, 4.69) is 43.1 Å². The molecule has 1 heterocycles. The van der Waals surface area contributed by atoms with Gasteiger partial charge < -0.3 is 5.32 Å². The number of aryl methyl sites for hydroxylation is 2. The van der Waals surface area contributed by atoms with Crippen molar-refractivity contribution < 1.29 is 0 Å². The second kappa shape index (κ2) is 7.43. The predicted octanol–water partition coefficient (Wildman–Crippen LogP) is 2.25. The van der Waals surface area contributed by atoms with Crippen LogP contribution in [0.1, 0.15) is 46.4 Å². The summed E-state index contributed by atoms with van der Waals surface area (Å²) in [6.07, 6.45) is 4.92. The molecule has 0 saturated carbocycles. The molecule has 0 aromatic carbocycles. The molecule has 0 fully saturated rings. The minimum Gasteiger partial charge on any atom is -0.314 e. The fourth-order valence-corrected chi connectivity index (χ4v) is 2.10. The Balaban J connectivity index is 2.49. The highest BCUT2D eigenvalue weighted by molar-refractivity contribution is 4.87. The summed E-state index contributed by atoms with van der Waals surface area (Å²) in [5.41, 5.74) is 0. The van der Waals surface area contributed by atoms with Crippen LogP contribution in [0.4, 0.5) is 0 Å². The van der Waals surface area contributed by atoms with Crippen molar-refractivity contribution in [1.82, 2.24) is 20.1 Å². The molecule has 1 aromatic heterocycles. The van der Waals surface area contributed by atoms with E-state index in [1.54, 1.807) is 6.33 Å². The van der Waals surface area contributed by atoms with Gasteiger partial charge in [0.25, 0.3) is 0 Å². The maximum Gasteiger partial charge on any atom is 0.138 e. The quantitative estimate of drug-likeness (QED) is 0.755. The van der Waals surface area contributed by atoms with Crippen molar-refractivity contribution in [3.8, 4) is 0 Å². The molecule has 0 aliphatic rings. The van der Waals surface area contributed by atoms with E-state index in [9.17, 15) is 0 Å². The second-order valence-electron chi connectivity index (χ2n) is 4.85. The molecule has 0 saturated heterocycles. The van der Waals surface area contributed by atoms with Crippen LogP contribution in [0.3, 0.4) is 0 Å². The van der Waals surface area contributed by atoms with Gasteiger partial charge in [0.1, 0.15) is 12.2 Å². The van der Waals surface area contributed by atoms with E-state index in [-0.39, 0.29) is 0 Å². The van der Waals surface area contributed by atoms with E-state index in [0.29, 0.717) is 12.0 Å². The summed E-state index contributed by atoms with van der Waals surface area (Å²) in [6, 6.07) is 0.576. The minimum absolute atomic E-state index is 0.576. The topological polar surface area (TPSA) is 42.7 Å². The summed E-state index contributed by atoms with van der Waals surface area (Å²) in [7, 11) is 0. The molecule has 0 aliphatic carbocycles. The Morgan fingerprint density at radius 1 is 1.35 bits per heavy atom. The molecule has 4 heteroatoms. The summed E-state index contributed by atoms with van der Waals surface area (Å²) in [5.74, 6) is 1.79. The lowest BCUT2D eigenvalue weighted by Crippen LogP contribution is -2.34. The van der Waals surface area contributed by atoms with Gasteiger partial charge in [-0.3, -0.25) is 4.68 Å². The molecule has 4 nitrogen and oxygen atoms in total. The van der Waals surface area contributed by atoms with Gasteiger partial charge in [-0.05, 0) is 25.3 Å². The van der Waals surface area contributed by atoms with Gasteiger partial charge in [0.2, 0.25) is 0 Å². The third-order valence-electron chi connectivity index (χ3n) is 3.08. The van der Waals surface area contributed by atoms with Crippen LogP contribution in [0, 0.1) is 5.92 Å². The normalized spacial score (nSPS) is 13.2. The first-order valence-electron chi connectivity index (χ1n) is 6.79. The number of aromatic nitrogens is 3. The number of rotatable bonds is 8. The highest BCUT2D eigenvalue weighted by atomic mass is 15.3. The zero-order valence-electron chi connectivity index (χ0n) is 11.6. The molecule has 98 valence electrons. The largest absolute Gasteiger partial charge is 0.314 e. The number of nitrogens with one attached hydrogen (secondary N) is 1. The Morgan fingerprint density at radius 3 is 2.71 bits per heavy atom. The summed E-state index contributed by atoms with van der Waals surface area (Å²) < 4.78 is 2.03. The fourth-order valence-electron chi connectivity index (χ4n) is 2.10. The molecular formula is C13H26N4. The Kier molecular flexibility index (Phi) is 6.19. The zero-order valence-corrected chi connectivity index (χ0v) is 11.6. The van der Waals surface area contributed by atoms with Crippen LogP contribution < -0.4 is 5.32 Å². The summed E-state index contributed by atoms with van der Waals surface area (Å²) in [5, 5.41) is 7.80. The van der Waals surface area contributed by atoms with Crippen molar-refractivity contribution in [1.29, 1.82) is 0 Å². The average molecular weight is 238 g/mol. The van der Waals surface area contributed by atoms with Crippen LogP contribution in [0.15, 0.2) is 6.33 Å². The smallest absolute Gasteiger partial charge is 0.138 e. The molecule has 17 heavy (non-hydrogen) atoms. The van der Waals surface area contributed by atoms with Crippen LogP contribution >= 0.6 is 0 Å². The third-order valence-corrected chi connectivity index (χ3v) is 3.08. The van der Waals surface area contributed by atoms with Gasteiger partial charge in [0, 0.05) is 19.0 Å². The zero-order chi connectivity index (χ0) is 12.7. The first kappa shape index (κ1) is 14.2. The van der Waals surface area contributed by atoms with Gasteiger partial charge in [0.05, 0.1) is 0 Å². The maximum absolute atomic E-state index is 4.35. The van der Waals surface area contributed by atoms with E-state index in [1.807, 2.05) is 4.68 Å². The van der Waals surface area contributed by atoms with Gasteiger partial charge in [-0.1, -0.05) is 27.7 Å². The monoisotopic (exact) mass is 238 g/mol. The minimum atomic E-state index is 0.576. The number of hydrogen-bond donors (Lipinski definition) is 1. The molecule has 1 unspecified atom stereocenters. The first-order chi connectivity index (χ1) is 8.19. The second-order valence-corrected chi connectivity index (χ2v) is 4.85. The third kappa shape index (κ3) is 4.46. The molecule has 0 spiro atoms. The predicted molar refractivity (Wildman–Crippen MR) is 70.9 cm³/mol. The van der Waals surface area contributed by atoms with E-state index < -0.39 is 0 Å². The maximum atomic E-state index is 4.35. The molecule has 1 N–H and O–H groups in total. The Morgan fingerprint density at radius 2 is 2.12 bits per heavy atom. The lowest BCUT2D eigenvalue weighted by molar-refractivity contribution is 0.379. The van der Waals surface area contributed by atoms with Gasteiger partial charge in [-0.15, -0.1) is 0 Å². The molecule has 0 bridgehead atoms.